The van der Waals surface area contributed by atoms with Gasteiger partial charge in [-0.1, -0.05) is 98.5 Å². The van der Waals surface area contributed by atoms with Gasteiger partial charge in [0.05, 0.1) is 0 Å². The molecule has 2 bridgehead atoms. The summed E-state index contributed by atoms with van der Waals surface area (Å²) in [5.74, 6) is 1.69. The summed E-state index contributed by atoms with van der Waals surface area (Å²) in [6, 6.07) is 0. The van der Waals surface area contributed by atoms with Gasteiger partial charge in [-0.15, -0.1) is 13.2 Å². The molecular weight excluding hydrogens is 497 g/mol. The lowest BCUT2D eigenvalue weighted by molar-refractivity contribution is 0.290. The average Bonchev–Trinajstić information content (AvgIpc) is 3.27. The van der Waals surface area contributed by atoms with Gasteiger partial charge in [0.1, 0.15) is 0 Å². The first-order valence-corrected chi connectivity index (χ1v) is 20.9. The maximum Gasteiger partial charge on any atom is 0.319 e. The largest absolute Gasteiger partial charge is 0.433 e. The molecule has 35 heavy (non-hydrogen) atoms. The van der Waals surface area contributed by atoms with Gasteiger partial charge in [-0.3, -0.25) is 0 Å². The molecule has 4 unspecified atom stereocenters. The van der Waals surface area contributed by atoms with Crippen LogP contribution in [0.2, 0.25) is 51.4 Å². The number of hydrogen-bond donors (Lipinski definition) is 0. The molecule has 0 aromatic carbocycles. The fraction of sp³-hybridized carbons (Fsp3) is 0.857. The highest BCUT2D eigenvalue weighted by Crippen LogP contribution is 2.56. The van der Waals surface area contributed by atoms with Gasteiger partial charge in [0, 0.05) is 11.5 Å². The molecule has 3 nitrogen and oxygen atoms in total. The quantitative estimate of drug-likeness (QED) is 0.253. The molecule has 0 aromatic rings. The minimum absolute atomic E-state index is 0. The van der Waals surface area contributed by atoms with E-state index in [1.807, 2.05) is 11.4 Å². The Kier molecular flexibility index (Phi) is 31.4. The molecule has 0 aliphatic heterocycles. The van der Waals surface area contributed by atoms with Gasteiger partial charge in [-0.05, 0) is 70.5 Å². The summed E-state index contributed by atoms with van der Waals surface area (Å²) in [5.41, 5.74) is 4.67. The molecule has 4 atom stereocenters. The van der Waals surface area contributed by atoms with Crippen LogP contribution in [0.1, 0.15) is 106 Å². The van der Waals surface area contributed by atoms with E-state index < -0.39 is 33.8 Å². The van der Waals surface area contributed by atoms with Crippen molar-refractivity contribution in [3.8, 4) is 0 Å². The van der Waals surface area contributed by atoms with Crippen LogP contribution in [-0.2, 0) is 12.3 Å². The van der Waals surface area contributed by atoms with Crippen LogP contribution in [0.5, 0.6) is 0 Å². The average molecular weight is 583 g/mol. The summed E-state index contributed by atoms with van der Waals surface area (Å²) in [7, 11) is -8.44. The van der Waals surface area contributed by atoms with Gasteiger partial charge in [0.2, 0.25) is 0 Å². The maximum absolute atomic E-state index is 6.94. The van der Waals surface area contributed by atoms with E-state index in [1.54, 1.807) is 0 Å². The SMILES string of the molecule is C.C.C.C.C.C.C.C.C.C.C=C[Si](C)(C)O[Si](C)(C)O[Si](C)(O[Si](C)(C)C=C)C1CC2CCC1C2.[2H][2H].[2H][2H]. The first kappa shape index (κ1) is 51.8. The van der Waals surface area contributed by atoms with Crippen molar-refractivity contribution in [1.82, 2.24) is 0 Å². The van der Waals surface area contributed by atoms with Crippen LogP contribution in [0.4, 0.5) is 0 Å². The van der Waals surface area contributed by atoms with E-state index in [4.69, 9.17) is 18.3 Å². The van der Waals surface area contributed by atoms with Crippen molar-refractivity contribution in [1.29, 1.82) is 0 Å². The van der Waals surface area contributed by atoms with E-state index in [-0.39, 0.29) is 74.3 Å². The lowest BCUT2D eigenvalue weighted by Gasteiger charge is -2.46. The molecule has 0 heterocycles. The van der Waals surface area contributed by atoms with Gasteiger partial charge in [0.15, 0.2) is 16.6 Å². The lowest BCUT2D eigenvalue weighted by Crippen LogP contribution is -2.60. The maximum atomic E-state index is 6.94. The van der Waals surface area contributed by atoms with E-state index >= 15 is 0 Å². The van der Waals surface area contributed by atoms with Crippen molar-refractivity contribution in [2.24, 2.45) is 11.8 Å². The molecule has 0 N–H and O–H groups in total. The van der Waals surface area contributed by atoms with Gasteiger partial charge in [0.25, 0.3) is 0 Å². The summed E-state index contributed by atoms with van der Waals surface area (Å²) < 4.78 is 40.4. The molecule has 7 heteroatoms. The second kappa shape index (κ2) is 21.2. The molecule has 0 saturated heterocycles. The highest BCUT2D eigenvalue weighted by atomic mass is 28.5. The molecule has 2 aliphatic carbocycles. The third kappa shape index (κ3) is 15.9. The molecule has 0 radical (unpaired) electrons. The van der Waals surface area contributed by atoms with Crippen LogP contribution in [0.3, 0.4) is 0 Å². The topological polar surface area (TPSA) is 27.7 Å². The first-order valence-electron chi connectivity index (χ1n) is 11.7. The predicted molar refractivity (Wildman–Crippen MR) is 188 cm³/mol. The zero-order valence-electron chi connectivity index (χ0n) is 21.4. The van der Waals surface area contributed by atoms with Gasteiger partial charge in [-0.2, -0.15) is 0 Å². The molecule has 2 rings (SSSR count). The van der Waals surface area contributed by atoms with Crippen molar-refractivity contribution >= 4 is 33.8 Å². The molecular formula is C28H82O3Si4. The second-order valence-corrected chi connectivity index (χ2v) is 24.9. The molecule has 2 aliphatic rings. The highest BCUT2D eigenvalue weighted by Gasteiger charge is 2.56. The Morgan fingerprint density at radius 1 is 0.629 bits per heavy atom. The van der Waals surface area contributed by atoms with Gasteiger partial charge >= 0.3 is 17.1 Å². The van der Waals surface area contributed by atoms with Crippen LogP contribution in [0.25, 0.3) is 0 Å². The Morgan fingerprint density at radius 2 is 1.03 bits per heavy atom. The summed E-state index contributed by atoms with van der Waals surface area (Å²) in [6.45, 7) is 23.6. The standard InChI is InChI=1S/C18H38O3Si4.10CH4.2H2/c1-10-22(3,4)19-24(7,8)21-25(9,20-23(5,6)11-2)18-15-16-12-13-17(18)14-16;;;;;;;;;;;;/h10-11,16-18H,1-2,12-15H2,3-9H3;10*1H4;2*1H/i;;;;;;;;;;;2*1+1D. The molecule has 0 aromatic heterocycles. The fourth-order valence-electron chi connectivity index (χ4n) is 4.81. The van der Waals surface area contributed by atoms with Crippen LogP contribution < -0.4 is 0 Å². The van der Waals surface area contributed by atoms with Crippen LogP contribution in [0, 0.1) is 11.8 Å². The molecule has 0 spiro atoms. The van der Waals surface area contributed by atoms with Crippen molar-refractivity contribution in [3.63, 3.8) is 0 Å². The van der Waals surface area contributed by atoms with Crippen molar-refractivity contribution in [2.45, 2.75) is 151 Å². The Hall–Kier alpha value is 0.228. The van der Waals surface area contributed by atoms with Crippen molar-refractivity contribution < 1.29 is 18.3 Å². The fourth-order valence-corrected chi connectivity index (χ4v) is 22.8. The first-order chi connectivity index (χ1) is 13.3. The summed E-state index contributed by atoms with van der Waals surface area (Å²) in [5, 5.41) is 0. The van der Waals surface area contributed by atoms with E-state index in [0.717, 1.165) is 11.8 Å². The van der Waals surface area contributed by atoms with E-state index in [1.165, 1.54) is 25.7 Å². The zero-order valence-corrected chi connectivity index (χ0v) is 21.4. The zero-order chi connectivity index (χ0) is 23.1. The Morgan fingerprint density at radius 3 is 1.34 bits per heavy atom. The molecule has 228 valence electrons. The van der Waals surface area contributed by atoms with Crippen molar-refractivity contribution in [3.05, 3.63) is 24.6 Å². The Balaban J connectivity index is -0.0000000595. The highest BCUT2D eigenvalue weighted by molar-refractivity contribution is 6.92. The van der Waals surface area contributed by atoms with Crippen molar-refractivity contribution in [2.75, 3.05) is 0 Å². The van der Waals surface area contributed by atoms with Gasteiger partial charge in [-0.25, -0.2) is 0 Å². The smallest absolute Gasteiger partial charge is 0.319 e. The van der Waals surface area contributed by atoms with Crippen LogP contribution in [0.15, 0.2) is 24.6 Å². The lowest BCUT2D eigenvalue weighted by atomic mass is 10.0. The second-order valence-electron chi connectivity index (χ2n) is 9.62. The molecule has 2 saturated carbocycles. The van der Waals surface area contributed by atoms with E-state index in [0.29, 0.717) is 5.54 Å². The summed E-state index contributed by atoms with van der Waals surface area (Å²) in [4.78, 5) is 0. The number of hydrogen-bond acceptors (Lipinski definition) is 3. The minimum Gasteiger partial charge on any atom is -0.433 e. The normalized spacial score (nSPS) is 21.5. The minimum atomic E-state index is -2.36. The summed E-state index contributed by atoms with van der Waals surface area (Å²) in [6.07, 6.45) is 5.44. The molecule has 0 amide bonds. The number of fused-ring (bicyclic) bond motifs is 2. The monoisotopic (exact) mass is 583 g/mol. The van der Waals surface area contributed by atoms with Crippen LogP contribution in [-0.4, -0.2) is 33.8 Å². The third-order valence-electron chi connectivity index (χ3n) is 5.82. The van der Waals surface area contributed by atoms with E-state index in [2.05, 4.69) is 59.0 Å². The Labute approximate surface area is 239 Å². The predicted octanol–water partition coefficient (Wildman–Crippen LogP) is 12.7. The molecule has 2 fully saturated rings. The third-order valence-corrected chi connectivity index (χ3v) is 21.2. The van der Waals surface area contributed by atoms with Crippen LogP contribution >= 0.6 is 0 Å². The Bertz CT molecular complexity index is 543. The number of rotatable bonds is 9. The van der Waals surface area contributed by atoms with Gasteiger partial charge < -0.3 is 12.3 Å². The summed E-state index contributed by atoms with van der Waals surface area (Å²) >= 11 is 0. The van der Waals surface area contributed by atoms with E-state index in [9.17, 15) is 0 Å².